The number of nitrogens with zero attached hydrogens (tertiary/aromatic N) is 2. The quantitative estimate of drug-likeness (QED) is 0.503. The second kappa shape index (κ2) is 6.22. The molecule has 0 radical (unpaired) electrons. The zero-order chi connectivity index (χ0) is 17.4. The average molecular weight is 349 g/mol. The van der Waals surface area contributed by atoms with E-state index in [1.54, 1.807) is 0 Å². The normalized spacial score (nSPS) is 11.0. The molecule has 0 bridgehead atoms. The molecule has 0 spiro atoms. The van der Waals surface area contributed by atoms with Crippen LogP contribution in [-0.2, 0) is 0 Å². The number of aromatic nitrogens is 3. The van der Waals surface area contributed by atoms with Crippen LogP contribution in [0.25, 0.3) is 22.4 Å². The molecule has 25 heavy (non-hydrogen) atoms. The van der Waals surface area contributed by atoms with Crippen LogP contribution in [-0.4, -0.2) is 15.0 Å². The Bertz CT molecular complexity index is 1070. The number of benzene rings is 2. The summed E-state index contributed by atoms with van der Waals surface area (Å²) in [5.41, 5.74) is 6.02. The Morgan fingerprint density at radius 1 is 1.00 bits per heavy atom. The van der Waals surface area contributed by atoms with E-state index in [1.165, 1.54) is 5.56 Å². The van der Waals surface area contributed by atoms with E-state index in [4.69, 9.17) is 16.6 Å². The summed E-state index contributed by atoms with van der Waals surface area (Å²) < 4.78 is 0. The molecule has 2 heterocycles. The lowest BCUT2D eigenvalue weighted by atomic mass is 10.1. The number of hydrogen-bond acceptors (Lipinski definition) is 3. The van der Waals surface area contributed by atoms with Gasteiger partial charge in [-0.2, -0.15) is 0 Å². The van der Waals surface area contributed by atoms with Crippen molar-refractivity contribution in [1.82, 2.24) is 15.0 Å². The maximum Gasteiger partial charge on any atom is 0.162 e. The van der Waals surface area contributed by atoms with Crippen molar-refractivity contribution in [3.05, 3.63) is 70.9 Å². The van der Waals surface area contributed by atoms with Gasteiger partial charge in [-0.1, -0.05) is 35.9 Å². The summed E-state index contributed by atoms with van der Waals surface area (Å²) in [5.74, 6) is 1.39. The van der Waals surface area contributed by atoms with Crippen LogP contribution in [0.15, 0.2) is 54.7 Å². The largest absolute Gasteiger partial charge is 0.357 e. The standard InChI is InChI=1S/C20H17ClN4/c1-12-6-7-13(2)17(10-12)24-20-18-16(8-9-22-18)23-19(25-20)14-4-3-5-15(21)11-14/h3-11,22H,1-2H3,(H,23,24,25). The molecule has 0 fully saturated rings. The second-order valence-electron chi connectivity index (χ2n) is 6.09. The predicted molar refractivity (Wildman–Crippen MR) is 104 cm³/mol. The Balaban J connectivity index is 1.85. The minimum atomic E-state index is 0.641. The molecule has 2 aromatic carbocycles. The van der Waals surface area contributed by atoms with Crippen LogP contribution in [0, 0.1) is 13.8 Å². The topological polar surface area (TPSA) is 53.6 Å². The van der Waals surface area contributed by atoms with Gasteiger partial charge in [0.25, 0.3) is 0 Å². The number of aromatic amines is 1. The van der Waals surface area contributed by atoms with E-state index >= 15 is 0 Å². The minimum Gasteiger partial charge on any atom is -0.357 e. The summed E-state index contributed by atoms with van der Waals surface area (Å²) in [7, 11) is 0. The van der Waals surface area contributed by atoms with Crippen molar-refractivity contribution < 1.29 is 0 Å². The first-order valence-electron chi connectivity index (χ1n) is 8.05. The first kappa shape index (κ1) is 15.7. The number of nitrogens with one attached hydrogen (secondary N) is 2. The van der Waals surface area contributed by atoms with Gasteiger partial charge in [0.2, 0.25) is 0 Å². The molecule has 4 nitrogen and oxygen atoms in total. The summed E-state index contributed by atoms with van der Waals surface area (Å²) in [6, 6.07) is 15.8. The molecule has 4 rings (SSSR count). The van der Waals surface area contributed by atoms with Crippen molar-refractivity contribution >= 4 is 34.1 Å². The number of fused-ring (bicyclic) bond motifs is 1. The molecule has 0 unspecified atom stereocenters. The average Bonchev–Trinajstić information content (AvgIpc) is 3.07. The van der Waals surface area contributed by atoms with E-state index in [-0.39, 0.29) is 0 Å². The van der Waals surface area contributed by atoms with E-state index in [2.05, 4.69) is 47.3 Å². The van der Waals surface area contributed by atoms with Crippen molar-refractivity contribution in [3.63, 3.8) is 0 Å². The third-order valence-electron chi connectivity index (χ3n) is 4.13. The first-order chi connectivity index (χ1) is 12.1. The van der Waals surface area contributed by atoms with Gasteiger partial charge >= 0.3 is 0 Å². The lowest BCUT2D eigenvalue weighted by molar-refractivity contribution is 1.21. The van der Waals surface area contributed by atoms with Crippen molar-refractivity contribution in [3.8, 4) is 11.4 Å². The molecular formula is C20H17ClN4. The Hall–Kier alpha value is -2.85. The maximum absolute atomic E-state index is 6.12. The van der Waals surface area contributed by atoms with Gasteiger partial charge in [0, 0.05) is 22.5 Å². The Labute approximate surface area is 150 Å². The lowest BCUT2D eigenvalue weighted by Crippen LogP contribution is -2.00. The van der Waals surface area contributed by atoms with Gasteiger partial charge in [0.15, 0.2) is 11.6 Å². The minimum absolute atomic E-state index is 0.641. The van der Waals surface area contributed by atoms with Gasteiger partial charge in [-0.3, -0.25) is 0 Å². The fourth-order valence-corrected chi connectivity index (χ4v) is 2.98. The van der Waals surface area contributed by atoms with Crippen molar-refractivity contribution in [1.29, 1.82) is 0 Å². The highest BCUT2D eigenvalue weighted by Gasteiger charge is 2.12. The summed E-state index contributed by atoms with van der Waals surface area (Å²) >= 11 is 6.12. The molecule has 0 atom stereocenters. The number of halogens is 1. The number of aryl methyl sites for hydroxylation is 2. The van der Waals surface area contributed by atoms with Gasteiger partial charge in [0.05, 0.1) is 5.52 Å². The molecule has 0 aliphatic rings. The maximum atomic E-state index is 6.12. The monoisotopic (exact) mass is 348 g/mol. The molecule has 4 aromatic rings. The lowest BCUT2D eigenvalue weighted by Gasteiger charge is -2.12. The first-order valence-corrected chi connectivity index (χ1v) is 8.43. The van der Waals surface area contributed by atoms with Crippen LogP contribution in [0.3, 0.4) is 0 Å². The molecule has 0 amide bonds. The summed E-state index contributed by atoms with van der Waals surface area (Å²) in [4.78, 5) is 12.6. The third-order valence-corrected chi connectivity index (χ3v) is 4.37. The molecular weight excluding hydrogens is 332 g/mol. The van der Waals surface area contributed by atoms with Gasteiger partial charge in [-0.15, -0.1) is 0 Å². The van der Waals surface area contributed by atoms with E-state index in [1.807, 2.05) is 36.5 Å². The van der Waals surface area contributed by atoms with Gasteiger partial charge < -0.3 is 10.3 Å². The van der Waals surface area contributed by atoms with E-state index in [0.717, 1.165) is 33.7 Å². The van der Waals surface area contributed by atoms with Crippen LogP contribution in [0.5, 0.6) is 0 Å². The zero-order valence-electron chi connectivity index (χ0n) is 14.0. The summed E-state index contributed by atoms with van der Waals surface area (Å²) in [5, 5.41) is 4.12. The SMILES string of the molecule is Cc1ccc(C)c(Nc2nc(-c3cccc(Cl)c3)nc3cc[nH]c23)c1. The number of hydrogen-bond donors (Lipinski definition) is 2. The molecule has 2 N–H and O–H groups in total. The second-order valence-corrected chi connectivity index (χ2v) is 6.52. The zero-order valence-corrected chi connectivity index (χ0v) is 14.7. The number of H-pyrrole nitrogens is 1. The highest BCUT2D eigenvalue weighted by atomic mass is 35.5. The molecule has 0 saturated carbocycles. The van der Waals surface area contributed by atoms with Crippen molar-refractivity contribution in [2.24, 2.45) is 0 Å². The predicted octanol–water partition coefficient (Wildman–Crippen LogP) is 5.64. The van der Waals surface area contributed by atoms with Gasteiger partial charge in [0.1, 0.15) is 5.52 Å². The molecule has 0 saturated heterocycles. The van der Waals surface area contributed by atoms with Crippen LogP contribution < -0.4 is 5.32 Å². The Morgan fingerprint density at radius 2 is 1.88 bits per heavy atom. The van der Waals surface area contributed by atoms with Crippen LogP contribution in [0.1, 0.15) is 11.1 Å². The highest BCUT2D eigenvalue weighted by molar-refractivity contribution is 6.30. The van der Waals surface area contributed by atoms with E-state index in [0.29, 0.717) is 10.8 Å². The van der Waals surface area contributed by atoms with E-state index < -0.39 is 0 Å². The molecule has 124 valence electrons. The molecule has 0 aliphatic heterocycles. The molecule has 0 aliphatic carbocycles. The number of anilines is 2. The smallest absolute Gasteiger partial charge is 0.162 e. The Morgan fingerprint density at radius 3 is 2.72 bits per heavy atom. The van der Waals surface area contributed by atoms with E-state index in [9.17, 15) is 0 Å². The van der Waals surface area contributed by atoms with Crippen LogP contribution >= 0.6 is 11.6 Å². The van der Waals surface area contributed by atoms with Crippen LogP contribution in [0.2, 0.25) is 5.02 Å². The summed E-state index contributed by atoms with van der Waals surface area (Å²) in [6.45, 7) is 4.15. The third kappa shape index (κ3) is 3.08. The number of rotatable bonds is 3. The Kier molecular flexibility index (Phi) is 3.90. The molecule has 5 heteroatoms. The molecule has 2 aromatic heterocycles. The van der Waals surface area contributed by atoms with Crippen LogP contribution in [0.4, 0.5) is 11.5 Å². The van der Waals surface area contributed by atoms with Crippen molar-refractivity contribution in [2.45, 2.75) is 13.8 Å². The van der Waals surface area contributed by atoms with Gasteiger partial charge in [-0.25, -0.2) is 9.97 Å². The highest BCUT2D eigenvalue weighted by Crippen LogP contribution is 2.28. The van der Waals surface area contributed by atoms with Gasteiger partial charge in [-0.05, 0) is 49.2 Å². The van der Waals surface area contributed by atoms with Crippen molar-refractivity contribution in [2.75, 3.05) is 5.32 Å². The summed E-state index contributed by atoms with van der Waals surface area (Å²) in [6.07, 6.45) is 1.87. The fourth-order valence-electron chi connectivity index (χ4n) is 2.79. The fraction of sp³-hybridized carbons (Fsp3) is 0.100.